The number of hydrogen-bond donors (Lipinski definition) is 1. The molecular weight excluding hydrogens is 306 g/mol. The first-order valence-corrected chi connectivity index (χ1v) is 8.28. The summed E-state index contributed by atoms with van der Waals surface area (Å²) in [5.41, 5.74) is 2.72. The van der Waals surface area contributed by atoms with E-state index in [0.29, 0.717) is 19.0 Å². The van der Waals surface area contributed by atoms with E-state index >= 15 is 0 Å². The molecule has 1 amide bonds. The smallest absolute Gasteiger partial charge is 0.225 e. The van der Waals surface area contributed by atoms with Crippen molar-refractivity contribution >= 4 is 11.9 Å². The molecule has 1 aliphatic rings. The number of anilines is 1. The van der Waals surface area contributed by atoms with Gasteiger partial charge in [0.15, 0.2) is 0 Å². The lowest BCUT2D eigenvalue weighted by molar-refractivity contribution is -0.125. The van der Waals surface area contributed by atoms with Gasteiger partial charge in [-0.1, -0.05) is 5.16 Å². The van der Waals surface area contributed by atoms with Crippen LogP contribution < -0.4 is 10.2 Å². The van der Waals surface area contributed by atoms with Crippen LogP contribution >= 0.6 is 0 Å². The van der Waals surface area contributed by atoms with Gasteiger partial charge in [-0.2, -0.15) is 0 Å². The van der Waals surface area contributed by atoms with E-state index in [-0.39, 0.29) is 11.8 Å². The lowest BCUT2D eigenvalue weighted by Gasteiger charge is -2.32. The Morgan fingerprint density at radius 3 is 2.96 bits per heavy atom. The van der Waals surface area contributed by atoms with Gasteiger partial charge >= 0.3 is 0 Å². The van der Waals surface area contributed by atoms with E-state index in [2.05, 4.69) is 25.3 Å². The van der Waals surface area contributed by atoms with Gasteiger partial charge in [0.2, 0.25) is 11.9 Å². The normalized spacial score (nSPS) is 17.8. The van der Waals surface area contributed by atoms with Crippen LogP contribution in [0.25, 0.3) is 0 Å². The Balaban J connectivity index is 1.61. The molecular formula is C17H23N5O2. The monoisotopic (exact) mass is 329 g/mol. The second kappa shape index (κ2) is 6.98. The van der Waals surface area contributed by atoms with Gasteiger partial charge in [0.05, 0.1) is 11.6 Å². The second-order valence-electron chi connectivity index (χ2n) is 6.30. The lowest BCUT2D eigenvalue weighted by Crippen LogP contribution is -2.43. The van der Waals surface area contributed by atoms with Crippen LogP contribution in [0, 0.1) is 26.7 Å². The predicted molar refractivity (Wildman–Crippen MR) is 89.5 cm³/mol. The molecule has 1 N–H and O–H groups in total. The number of piperidine rings is 1. The van der Waals surface area contributed by atoms with Gasteiger partial charge in [-0.15, -0.1) is 0 Å². The van der Waals surface area contributed by atoms with Crippen LogP contribution in [-0.2, 0) is 11.3 Å². The van der Waals surface area contributed by atoms with Crippen LogP contribution in [0.2, 0.25) is 0 Å². The van der Waals surface area contributed by atoms with Crippen molar-refractivity contribution in [3.05, 3.63) is 35.0 Å². The van der Waals surface area contributed by atoms with Gasteiger partial charge in [-0.05, 0) is 39.7 Å². The fourth-order valence-corrected chi connectivity index (χ4v) is 3.03. The summed E-state index contributed by atoms with van der Waals surface area (Å²) in [7, 11) is 0. The molecule has 3 rings (SSSR count). The number of carbonyl (C=O) groups is 1. The number of amides is 1. The highest BCUT2D eigenvalue weighted by Gasteiger charge is 2.27. The fraction of sp³-hybridized carbons (Fsp3) is 0.529. The van der Waals surface area contributed by atoms with Crippen molar-refractivity contribution in [2.24, 2.45) is 5.92 Å². The third-order valence-electron chi connectivity index (χ3n) is 4.48. The summed E-state index contributed by atoms with van der Waals surface area (Å²) in [6.45, 7) is 7.68. The van der Waals surface area contributed by atoms with Gasteiger partial charge in [-0.3, -0.25) is 4.79 Å². The Labute approximate surface area is 141 Å². The van der Waals surface area contributed by atoms with Crippen molar-refractivity contribution in [2.75, 3.05) is 18.0 Å². The summed E-state index contributed by atoms with van der Waals surface area (Å²) in [5, 5.41) is 6.93. The summed E-state index contributed by atoms with van der Waals surface area (Å²) in [6.07, 6.45) is 3.61. The number of nitrogens with zero attached hydrogens (tertiary/aromatic N) is 4. The topological polar surface area (TPSA) is 84.2 Å². The molecule has 1 unspecified atom stereocenters. The molecule has 7 nitrogen and oxygen atoms in total. The average molecular weight is 329 g/mol. The van der Waals surface area contributed by atoms with Crippen LogP contribution in [0.4, 0.5) is 5.95 Å². The minimum absolute atomic E-state index is 0.0525. The largest absolute Gasteiger partial charge is 0.361 e. The molecule has 7 heteroatoms. The van der Waals surface area contributed by atoms with E-state index in [9.17, 15) is 4.79 Å². The molecule has 1 fully saturated rings. The first-order valence-electron chi connectivity index (χ1n) is 8.28. The van der Waals surface area contributed by atoms with E-state index < -0.39 is 0 Å². The Hall–Kier alpha value is -2.44. The highest BCUT2D eigenvalue weighted by atomic mass is 16.5. The molecule has 2 aromatic rings. The van der Waals surface area contributed by atoms with Crippen LogP contribution in [0.5, 0.6) is 0 Å². The summed E-state index contributed by atoms with van der Waals surface area (Å²) in [5.74, 6) is 1.47. The molecule has 0 bridgehead atoms. The third-order valence-corrected chi connectivity index (χ3v) is 4.48. The maximum atomic E-state index is 12.5. The minimum atomic E-state index is -0.0525. The summed E-state index contributed by atoms with van der Waals surface area (Å²) < 4.78 is 5.13. The summed E-state index contributed by atoms with van der Waals surface area (Å²) in [4.78, 5) is 23.4. The number of aromatic nitrogens is 3. The van der Waals surface area contributed by atoms with Crippen LogP contribution in [0.1, 0.15) is 35.6 Å². The molecule has 1 saturated heterocycles. The third kappa shape index (κ3) is 3.55. The van der Waals surface area contributed by atoms with Crippen LogP contribution in [0.3, 0.4) is 0 Å². The molecule has 128 valence electrons. The van der Waals surface area contributed by atoms with E-state index in [1.807, 2.05) is 26.8 Å². The number of hydrogen-bond acceptors (Lipinski definition) is 6. The van der Waals surface area contributed by atoms with Crippen molar-refractivity contribution in [1.29, 1.82) is 0 Å². The van der Waals surface area contributed by atoms with Gasteiger partial charge in [-0.25, -0.2) is 9.97 Å². The van der Waals surface area contributed by atoms with Crippen molar-refractivity contribution in [2.45, 2.75) is 40.2 Å². The van der Waals surface area contributed by atoms with E-state index in [0.717, 1.165) is 42.1 Å². The molecule has 1 aliphatic heterocycles. The van der Waals surface area contributed by atoms with Crippen molar-refractivity contribution < 1.29 is 9.32 Å². The Morgan fingerprint density at radius 1 is 1.42 bits per heavy atom. The summed E-state index contributed by atoms with van der Waals surface area (Å²) in [6, 6.07) is 1.88. The molecule has 0 spiro atoms. The zero-order valence-corrected chi connectivity index (χ0v) is 14.4. The zero-order valence-electron chi connectivity index (χ0n) is 14.4. The van der Waals surface area contributed by atoms with Gasteiger partial charge < -0.3 is 14.7 Å². The molecule has 1 atom stereocenters. The van der Waals surface area contributed by atoms with E-state index in [1.54, 1.807) is 6.20 Å². The highest BCUT2D eigenvalue weighted by Crippen LogP contribution is 2.21. The molecule has 0 aliphatic carbocycles. The average Bonchev–Trinajstić information content (AvgIpc) is 2.91. The first-order chi connectivity index (χ1) is 11.5. The minimum Gasteiger partial charge on any atom is -0.361 e. The van der Waals surface area contributed by atoms with Crippen LogP contribution in [0.15, 0.2) is 16.8 Å². The first kappa shape index (κ1) is 16.4. The fourth-order valence-electron chi connectivity index (χ4n) is 3.03. The molecule has 0 aromatic carbocycles. The number of carbonyl (C=O) groups excluding carboxylic acids is 1. The Kier molecular flexibility index (Phi) is 4.78. The molecule has 0 radical (unpaired) electrons. The molecule has 0 saturated carbocycles. The van der Waals surface area contributed by atoms with Gasteiger partial charge in [0.1, 0.15) is 5.76 Å². The van der Waals surface area contributed by atoms with Crippen LogP contribution in [-0.4, -0.2) is 34.1 Å². The predicted octanol–water partition coefficient (Wildman–Crippen LogP) is 1.92. The molecule has 3 heterocycles. The Bertz CT molecular complexity index is 708. The number of rotatable bonds is 4. The van der Waals surface area contributed by atoms with E-state index in [4.69, 9.17) is 4.52 Å². The quantitative estimate of drug-likeness (QED) is 0.922. The molecule has 2 aromatic heterocycles. The standard InChI is InChI=1S/C17H23N5O2/c1-11-6-7-18-17(20-11)22-8-4-5-14(10-22)16(23)19-9-15-12(2)21-24-13(15)3/h6-7,14H,4-5,8-10H2,1-3H3,(H,19,23). The van der Waals surface area contributed by atoms with E-state index in [1.165, 1.54) is 0 Å². The SMILES string of the molecule is Cc1ccnc(N2CCCC(C(=O)NCc3c(C)noc3C)C2)n1. The number of nitrogens with one attached hydrogen (secondary N) is 1. The van der Waals surface area contributed by atoms with Gasteiger partial charge in [0.25, 0.3) is 0 Å². The number of aryl methyl sites for hydroxylation is 3. The Morgan fingerprint density at radius 2 is 2.25 bits per heavy atom. The zero-order chi connectivity index (χ0) is 17.1. The second-order valence-corrected chi connectivity index (χ2v) is 6.30. The maximum absolute atomic E-state index is 12.5. The highest BCUT2D eigenvalue weighted by molar-refractivity contribution is 5.79. The molecule has 24 heavy (non-hydrogen) atoms. The summed E-state index contributed by atoms with van der Waals surface area (Å²) >= 11 is 0. The maximum Gasteiger partial charge on any atom is 0.225 e. The lowest BCUT2D eigenvalue weighted by atomic mass is 9.97. The van der Waals surface area contributed by atoms with Crippen molar-refractivity contribution in [3.63, 3.8) is 0 Å². The van der Waals surface area contributed by atoms with Gasteiger partial charge in [0, 0.05) is 37.1 Å². The van der Waals surface area contributed by atoms with Crippen molar-refractivity contribution in [3.8, 4) is 0 Å². The van der Waals surface area contributed by atoms with Crippen molar-refractivity contribution in [1.82, 2.24) is 20.4 Å².